The molecule has 0 aromatic carbocycles. The Hall–Kier alpha value is -0.800. The van der Waals surface area contributed by atoms with Crippen molar-refractivity contribution in [3.63, 3.8) is 0 Å². The number of hydrogen-bond acceptors (Lipinski definition) is 0. The molecule has 0 nitrogen and oxygen atoms in total. The molecule has 0 unspecified atom stereocenters. The summed E-state index contributed by atoms with van der Waals surface area (Å²) in [5, 5.41) is 0. The van der Waals surface area contributed by atoms with Crippen molar-refractivity contribution >= 4 is 0 Å². The average Bonchev–Trinajstić information content (AvgIpc) is 2.01. The highest BCUT2D eigenvalue weighted by atomic mass is 19.4. The van der Waals surface area contributed by atoms with E-state index in [-0.39, 0.29) is 0 Å². The Morgan fingerprint density at radius 2 is 1.69 bits per heavy atom. The largest absolute Gasteiger partial charge is 0.415 e. The first-order valence-electron chi connectivity index (χ1n) is 3.89. The van der Waals surface area contributed by atoms with Crippen molar-refractivity contribution < 1.29 is 17.6 Å². The van der Waals surface area contributed by atoms with Gasteiger partial charge in [0.15, 0.2) is 0 Å². The second kappa shape index (κ2) is 4.44. The molecule has 0 saturated carbocycles. The molecule has 13 heavy (non-hydrogen) atoms. The monoisotopic (exact) mass is 196 g/mol. The van der Waals surface area contributed by atoms with Gasteiger partial charge in [0, 0.05) is 0 Å². The summed E-state index contributed by atoms with van der Waals surface area (Å²) in [5.41, 5.74) is -0.596. The number of hydrogen-bond donors (Lipinski definition) is 0. The Bertz CT molecular complexity index is 232. The lowest BCUT2D eigenvalue weighted by atomic mass is 10.1. The quantitative estimate of drug-likeness (QED) is 0.459. The fraction of sp³-hybridized carbons (Fsp3) is 0.556. The average molecular weight is 196 g/mol. The van der Waals surface area contributed by atoms with Crippen LogP contribution in [0.1, 0.15) is 27.2 Å². The molecule has 0 radical (unpaired) electrons. The van der Waals surface area contributed by atoms with E-state index in [0.29, 0.717) is 12.0 Å². The molecule has 0 spiro atoms. The minimum absolute atomic E-state index is 0.540. The SMILES string of the molecule is CC/C(C)=C\C(F)=C(/C)C(F)(F)F. The maximum absolute atomic E-state index is 12.8. The van der Waals surface area contributed by atoms with Crippen molar-refractivity contribution in [2.45, 2.75) is 33.4 Å². The zero-order valence-corrected chi connectivity index (χ0v) is 7.80. The van der Waals surface area contributed by atoms with Gasteiger partial charge < -0.3 is 0 Å². The van der Waals surface area contributed by atoms with E-state index in [0.717, 1.165) is 13.0 Å². The molecule has 0 heterocycles. The van der Waals surface area contributed by atoms with Crippen molar-refractivity contribution in [2.24, 2.45) is 0 Å². The van der Waals surface area contributed by atoms with Gasteiger partial charge in [0.2, 0.25) is 0 Å². The first-order chi connectivity index (χ1) is 5.79. The lowest BCUT2D eigenvalue weighted by Gasteiger charge is -2.06. The van der Waals surface area contributed by atoms with E-state index in [2.05, 4.69) is 0 Å². The first kappa shape index (κ1) is 12.2. The predicted molar refractivity (Wildman–Crippen MR) is 43.9 cm³/mol. The third kappa shape index (κ3) is 4.10. The summed E-state index contributed by atoms with van der Waals surface area (Å²) in [6.07, 6.45) is -3.12. The van der Waals surface area contributed by atoms with Crippen LogP contribution in [-0.4, -0.2) is 6.18 Å². The summed E-state index contributed by atoms with van der Waals surface area (Å²) in [6, 6.07) is 0. The van der Waals surface area contributed by atoms with Crippen molar-refractivity contribution in [2.75, 3.05) is 0 Å². The molecular formula is C9H12F4. The molecule has 0 aliphatic heterocycles. The molecule has 0 aliphatic rings. The van der Waals surface area contributed by atoms with Gasteiger partial charge in [0.1, 0.15) is 5.83 Å². The highest BCUT2D eigenvalue weighted by molar-refractivity contribution is 5.24. The number of halogens is 4. The van der Waals surface area contributed by atoms with Gasteiger partial charge in [0.25, 0.3) is 0 Å². The van der Waals surface area contributed by atoms with Gasteiger partial charge in [-0.2, -0.15) is 13.2 Å². The highest BCUT2D eigenvalue weighted by Crippen LogP contribution is 2.29. The van der Waals surface area contributed by atoms with Crippen LogP contribution in [0.15, 0.2) is 23.0 Å². The second-order valence-corrected chi connectivity index (χ2v) is 2.81. The van der Waals surface area contributed by atoms with Crippen LogP contribution in [0.25, 0.3) is 0 Å². The van der Waals surface area contributed by atoms with E-state index in [1.54, 1.807) is 13.8 Å². The topological polar surface area (TPSA) is 0 Å². The van der Waals surface area contributed by atoms with Crippen LogP contribution in [0.4, 0.5) is 17.6 Å². The maximum atomic E-state index is 12.8. The number of rotatable bonds is 2. The Kier molecular flexibility index (Phi) is 4.17. The molecule has 0 rings (SSSR count). The van der Waals surface area contributed by atoms with Crippen LogP contribution >= 0.6 is 0 Å². The van der Waals surface area contributed by atoms with Gasteiger partial charge in [-0.05, 0) is 26.3 Å². The summed E-state index contributed by atoms with van der Waals surface area (Å²) < 4.78 is 48.6. The molecule has 0 aromatic heterocycles. The normalized spacial score (nSPS) is 15.8. The summed E-state index contributed by atoms with van der Waals surface area (Å²) in [7, 11) is 0. The molecule has 0 N–H and O–H groups in total. The van der Waals surface area contributed by atoms with E-state index >= 15 is 0 Å². The van der Waals surface area contributed by atoms with Gasteiger partial charge in [0.05, 0.1) is 5.57 Å². The molecule has 76 valence electrons. The summed E-state index contributed by atoms with van der Waals surface area (Å²) in [4.78, 5) is 0. The molecule has 0 aliphatic carbocycles. The molecule has 0 aromatic rings. The van der Waals surface area contributed by atoms with Gasteiger partial charge in [-0.1, -0.05) is 12.5 Å². The lowest BCUT2D eigenvalue weighted by Crippen LogP contribution is -2.10. The van der Waals surface area contributed by atoms with Crippen LogP contribution in [0, 0.1) is 0 Å². The molecule has 0 bridgehead atoms. The Labute approximate surface area is 74.9 Å². The standard InChI is InChI=1S/C9H12F4/c1-4-6(2)5-8(10)7(3)9(11,12)13/h5H,4H2,1-3H3/b6-5-,8-7-. The van der Waals surface area contributed by atoms with Crippen molar-refractivity contribution in [3.05, 3.63) is 23.0 Å². The minimum Gasteiger partial charge on any atom is -0.207 e. The molecule has 0 atom stereocenters. The molecule has 0 saturated heterocycles. The predicted octanol–water partition coefficient (Wildman–Crippen LogP) is 4.15. The van der Waals surface area contributed by atoms with Crippen LogP contribution in [0.2, 0.25) is 0 Å². The van der Waals surface area contributed by atoms with E-state index < -0.39 is 17.6 Å². The smallest absolute Gasteiger partial charge is 0.207 e. The highest BCUT2D eigenvalue weighted by Gasteiger charge is 2.32. The van der Waals surface area contributed by atoms with E-state index in [1.807, 2.05) is 0 Å². The Morgan fingerprint density at radius 1 is 1.23 bits per heavy atom. The van der Waals surface area contributed by atoms with Crippen LogP contribution in [0.5, 0.6) is 0 Å². The Morgan fingerprint density at radius 3 is 2.00 bits per heavy atom. The molecule has 0 fully saturated rings. The Balaban J connectivity index is 4.84. The maximum Gasteiger partial charge on any atom is 0.415 e. The van der Waals surface area contributed by atoms with Gasteiger partial charge in [-0.15, -0.1) is 0 Å². The van der Waals surface area contributed by atoms with Gasteiger partial charge in [-0.25, -0.2) is 4.39 Å². The summed E-state index contributed by atoms with van der Waals surface area (Å²) >= 11 is 0. The molecular weight excluding hydrogens is 184 g/mol. The van der Waals surface area contributed by atoms with Gasteiger partial charge >= 0.3 is 6.18 Å². The third-order valence-corrected chi connectivity index (χ3v) is 1.71. The van der Waals surface area contributed by atoms with Gasteiger partial charge in [-0.3, -0.25) is 0 Å². The molecule has 4 heteroatoms. The van der Waals surface area contributed by atoms with E-state index in [4.69, 9.17) is 0 Å². The van der Waals surface area contributed by atoms with Crippen LogP contribution in [0.3, 0.4) is 0 Å². The second-order valence-electron chi connectivity index (χ2n) is 2.81. The summed E-state index contributed by atoms with van der Waals surface area (Å²) in [6.45, 7) is 4.07. The zero-order valence-electron chi connectivity index (χ0n) is 7.80. The number of allylic oxidation sites excluding steroid dienone is 4. The fourth-order valence-electron chi connectivity index (χ4n) is 0.562. The van der Waals surface area contributed by atoms with E-state index in [9.17, 15) is 17.6 Å². The lowest BCUT2D eigenvalue weighted by molar-refractivity contribution is -0.0929. The van der Waals surface area contributed by atoms with E-state index in [1.165, 1.54) is 0 Å². The van der Waals surface area contributed by atoms with Crippen molar-refractivity contribution in [3.8, 4) is 0 Å². The summed E-state index contributed by atoms with van der Waals surface area (Å²) in [5.74, 6) is -1.20. The number of alkyl halides is 3. The third-order valence-electron chi connectivity index (χ3n) is 1.71. The minimum atomic E-state index is -4.57. The fourth-order valence-corrected chi connectivity index (χ4v) is 0.562. The van der Waals surface area contributed by atoms with Crippen molar-refractivity contribution in [1.82, 2.24) is 0 Å². The van der Waals surface area contributed by atoms with Crippen LogP contribution < -0.4 is 0 Å². The first-order valence-corrected chi connectivity index (χ1v) is 3.89. The van der Waals surface area contributed by atoms with Crippen LogP contribution in [-0.2, 0) is 0 Å². The zero-order chi connectivity index (χ0) is 10.6. The molecule has 0 amide bonds. The van der Waals surface area contributed by atoms with Crippen molar-refractivity contribution in [1.29, 1.82) is 0 Å².